The minimum absolute atomic E-state index is 0.123. The summed E-state index contributed by atoms with van der Waals surface area (Å²) in [5.74, 6) is -1.69. The first-order valence-electron chi connectivity index (χ1n) is 4.45. The molecule has 0 radical (unpaired) electrons. The number of carboxylic acids is 1. The molecule has 8 nitrogen and oxygen atoms in total. The molecule has 0 amide bonds. The highest BCUT2D eigenvalue weighted by Crippen LogP contribution is 2.10. The van der Waals surface area contributed by atoms with Crippen LogP contribution in [0.15, 0.2) is 18.2 Å². The van der Waals surface area contributed by atoms with Crippen molar-refractivity contribution in [3.05, 3.63) is 24.1 Å². The summed E-state index contributed by atoms with van der Waals surface area (Å²) in [6, 6.07) is 0. The molecule has 0 atom stereocenters. The first-order valence-corrected chi connectivity index (χ1v) is 4.45. The third-order valence-corrected chi connectivity index (χ3v) is 1.83. The Morgan fingerprint density at radius 3 is 2.59 bits per heavy atom. The van der Waals surface area contributed by atoms with Crippen LogP contribution >= 0.6 is 0 Å². The fourth-order valence-corrected chi connectivity index (χ4v) is 0.992. The van der Waals surface area contributed by atoms with E-state index in [4.69, 9.17) is 5.11 Å². The Bertz CT molecular complexity index is 503. The fourth-order valence-electron chi connectivity index (χ4n) is 0.992. The van der Waals surface area contributed by atoms with Gasteiger partial charge in [0, 0.05) is 0 Å². The SMILES string of the molecule is C=C(/C=C(/C(=O)OC)n1nnnc1C)C(=O)O. The Hall–Kier alpha value is -2.51. The summed E-state index contributed by atoms with van der Waals surface area (Å²) in [5, 5.41) is 19.2. The number of ether oxygens (including phenoxy) is 1. The van der Waals surface area contributed by atoms with Gasteiger partial charge in [0.05, 0.1) is 12.7 Å². The number of aromatic nitrogens is 4. The van der Waals surface area contributed by atoms with Gasteiger partial charge in [0.25, 0.3) is 0 Å². The van der Waals surface area contributed by atoms with Crippen LogP contribution in [0.2, 0.25) is 0 Å². The van der Waals surface area contributed by atoms with E-state index in [1.807, 2.05) is 0 Å². The minimum atomic E-state index is -1.25. The average molecular weight is 238 g/mol. The first-order chi connectivity index (χ1) is 7.97. The van der Waals surface area contributed by atoms with Crippen molar-refractivity contribution in [2.75, 3.05) is 7.11 Å². The Labute approximate surface area is 96.2 Å². The van der Waals surface area contributed by atoms with Gasteiger partial charge in [-0.05, 0) is 23.4 Å². The van der Waals surface area contributed by atoms with Gasteiger partial charge < -0.3 is 9.84 Å². The molecule has 0 unspecified atom stereocenters. The predicted octanol–water partition coefficient (Wildman–Crippen LogP) is -0.364. The number of aryl methyl sites for hydroxylation is 1. The van der Waals surface area contributed by atoms with Crippen LogP contribution in [0.3, 0.4) is 0 Å². The zero-order chi connectivity index (χ0) is 13.0. The van der Waals surface area contributed by atoms with E-state index < -0.39 is 11.9 Å². The lowest BCUT2D eigenvalue weighted by Gasteiger charge is -2.05. The van der Waals surface area contributed by atoms with Crippen LogP contribution in [0, 0.1) is 6.92 Å². The number of carbonyl (C=O) groups is 2. The van der Waals surface area contributed by atoms with Gasteiger partial charge in [-0.1, -0.05) is 6.58 Å². The maximum atomic E-state index is 11.5. The monoisotopic (exact) mass is 238 g/mol. The predicted molar refractivity (Wildman–Crippen MR) is 55.6 cm³/mol. The van der Waals surface area contributed by atoms with Crippen molar-refractivity contribution in [3.8, 4) is 0 Å². The molecule has 1 rings (SSSR count). The van der Waals surface area contributed by atoms with Crippen LogP contribution in [0.25, 0.3) is 5.70 Å². The molecular formula is C9H10N4O4. The lowest BCUT2D eigenvalue weighted by molar-refractivity contribution is -0.134. The zero-order valence-corrected chi connectivity index (χ0v) is 9.25. The Balaban J connectivity index is 3.23. The number of methoxy groups -OCH3 is 1. The number of esters is 1. The molecule has 0 aliphatic heterocycles. The lowest BCUT2D eigenvalue weighted by Crippen LogP contribution is -2.14. The molecule has 0 fully saturated rings. The van der Waals surface area contributed by atoms with Crippen molar-refractivity contribution >= 4 is 17.6 Å². The average Bonchev–Trinajstić information content (AvgIpc) is 2.70. The second-order valence-electron chi connectivity index (χ2n) is 2.99. The quantitative estimate of drug-likeness (QED) is 0.433. The van der Waals surface area contributed by atoms with Crippen molar-refractivity contribution in [1.82, 2.24) is 20.2 Å². The number of hydrogen-bond donors (Lipinski definition) is 1. The molecule has 0 spiro atoms. The number of tetrazole rings is 1. The van der Waals surface area contributed by atoms with Crippen molar-refractivity contribution in [1.29, 1.82) is 0 Å². The van der Waals surface area contributed by atoms with Crippen LogP contribution in [-0.4, -0.2) is 44.4 Å². The van der Waals surface area contributed by atoms with Gasteiger partial charge in [0.1, 0.15) is 0 Å². The highest BCUT2D eigenvalue weighted by atomic mass is 16.5. The molecule has 1 N–H and O–H groups in total. The maximum Gasteiger partial charge on any atom is 0.356 e. The van der Waals surface area contributed by atoms with E-state index in [9.17, 15) is 9.59 Å². The largest absolute Gasteiger partial charge is 0.478 e. The fraction of sp³-hybridized carbons (Fsp3) is 0.222. The molecule has 0 aliphatic rings. The first kappa shape index (κ1) is 12.6. The van der Waals surface area contributed by atoms with Gasteiger partial charge in [0.2, 0.25) is 0 Å². The van der Waals surface area contributed by atoms with E-state index >= 15 is 0 Å². The summed E-state index contributed by atoms with van der Waals surface area (Å²) < 4.78 is 5.58. The van der Waals surface area contributed by atoms with E-state index in [2.05, 4.69) is 26.8 Å². The minimum Gasteiger partial charge on any atom is -0.478 e. The molecular weight excluding hydrogens is 228 g/mol. The number of nitrogens with zero attached hydrogens (tertiary/aromatic N) is 4. The number of carboxylic acid groups (broad SMARTS) is 1. The summed E-state index contributed by atoms with van der Waals surface area (Å²) in [7, 11) is 1.17. The molecule has 0 aliphatic carbocycles. The van der Waals surface area contributed by atoms with Crippen molar-refractivity contribution < 1.29 is 19.4 Å². The van der Waals surface area contributed by atoms with Crippen LogP contribution < -0.4 is 0 Å². The van der Waals surface area contributed by atoms with Crippen LogP contribution in [0.4, 0.5) is 0 Å². The molecule has 1 aromatic rings. The summed E-state index contributed by atoms with van der Waals surface area (Å²) in [5.41, 5.74) is -0.400. The summed E-state index contributed by atoms with van der Waals surface area (Å²) in [4.78, 5) is 22.1. The standard InChI is InChI=1S/C9H10N4O4/c1-5(8(14)15)4-7(9(16)17-3)13-6(2)10-11-12-13/h4H,1H2,2-3H3,(H,14,15)/b7-4-. The molecule has 0 saturated heterocycles. The van der Waals surface area contributed by atoms with Gasteiger partial charge in [-0.2, -0.15) is 4.68 Å². The van der Waals surface area contributed by atoms with Gasteiger partial charge in [-0.25, -0.2) is 9.59 Å². The number of carbonyl (C=O) groups excluding carboxylic acids is 1. The Kier molecular flexibility index (Phi) is 3.70. The van der Waals surface area contributed by atoms with Gasteiger partial charge in [0.15, 0.2) is 11.5 Å². The second kappa shape index (κ2) is 5.01. The molecule has 17 heavy (non-hydrogen) atoms. The highest BCUT2D eigenvalue weighted by molar-refractivity contribution is 6.12. The van der Waals surface area contributed by atoms with Crippen LogP contribution in [0.5, 0.6) is 0 Å². The molecule has 0 aromatic carbocycles. The summed E-state index contributed by atoms with van der Waals surface area (Å²) in [6.07, 6.45) is 1.04. The Morgan fingerprint density at radius 2 is 2.18 bits per heavy atom. The maximum absolute atomic E-state index is 11.5. The molecule has 1 aromatic heterocycles. The molecule has 0 bridgehead atoms. The number of rotatable bonds is 4. The molecule has 1 heterocycles. The summed E-state index contributed by atoms with van der Waals surface area (Å²) >= 11 is 0. The Morgan fingerprint density at radius 1 is 1.53 bits per heavy atom. The second-order valence-corrected chi connectivity index (χ2v) is 2.99. The van der Waals surface area contributed by atoms with E-state index in [0.29, 0.717) is 5.82 Å². The van der Waals surface area contributed by atoms with Crippen LogP contribution in [-0.2, 0) is 14.3 Å². The number of hydrogen-bond acceptors (Lipinski definition) is 6. The molecule has 0 saturated carbocycles. The van der Waals surface area contributed by atoms with Crippen molar-refractivity contribution in [2.45, 2.75) is 6.92 Å². The van der Waals surface area contributed by atoms with Crippen LogP contribution in [0.1, 0.15) is 5.82 Å². The molecule has 90 valence electrons. The molecule has 8 heteroatoms. The van der Waals surface area contributed by atoms with E-state index in [-0.39, 0.29) is 11.3 Å². The van der Waals surface area contributed by atoms with E-state index in [1.54, 1.807) is 6.92 Å². The lowest BCUT2D eigenvalue weighted by atomic mass is 10.2. The number of aliphatic carboxylic acids is 1. The van der Waals surface area contributed by atoms with Gasteiger partial charge >= 0.3 is 11.9 Å². The normalized spacial score (nSPS) is 11.1. The van der Waals surface area contributed by atoms with Gasteiger partial charge in [-0.3, -0.25) is 0 Å². The smallest absolute Gasteiger partial charge is 0.356 e. The highest BCUT2D eigenvalue weighted by Gasteiger charge is 2.17. The van der Waals surface area contributed by atoms with Crippen molar-refractivity contribution in [3.63, 3.8) is 0 Å². The van der Waals surface area contributed by atoms with Gasteiger partial charge in [-0.15, -0.1) is 5.10 Å². The van der Waals surface area contributed by atoms with E-state index in [0.717, 1.165) is 10.8 Å². The zero-order valence-electron chi connectivity index (χ0n) is 9.25. The third-order valence-electron chi connectivity index (χ3n) is 1.83. The van der Waals surface area contributed by atoms with Crippen molar-refractivity contribution in [2.24, 2.45) is 0 Å². The van der Waals surface area contributed by atoms with E-state index in [1.165, 1.54) is 7.11 Å². The topological polar surface area (TPSA) is 107 Å². The third kappa shape index (κ3) is 2.74. The summed E-state index contributed by atoms with van der Waals surface area (Å²) in [6.45, 7) is 4.84.